The van der Waals surface area contributed by atoms with E-state index in [9.17, 15) is 9.59 Å². The second-order valence-electron chi connectivity index (χ2n) is 4.85. The van der Waals surface area contributed by atoms with Crippen molar-refractivity contribution in [2.75, 3.05) is 20.1 Å². The number of nitrogens with one attached hydrogen (secondary N) is 1. The molecule has 0 bridgehead atoms. The van der Waals surface area contributed by atoms with E-state index < -0.39 is 5.41 Å². The third kappa shape index (κ3) is 2.87. The SMILES string of the molecule is CNC(=O)C1(C)CCN(C(=O)c2cc(Br)c(Br)s2)C1. The maximum absolute atomic E-state index is 12.4. The predicted octanol–water partition coefficient (Wildman–Crippen LogP) is 2.87. The Morgan fingerprint density at radius 2 is 2.16 bits per heavy atom. The molecule has 104 valence electrons. The van der Waals surface area contributed by atoms with Crippen molar-refractivity contribution in [1.29, 1.82) is 0 Å². The van der Waals surface area contributed by atoms with E-state index in [1.807, 2.05) is 13.0 Å². The number of thiophene rings is 1. The summed E-state index contributed by atoms with van der Waals surface area (Å²) in [5, 5.41) is 2.67. The Labute approximate surface area is 132 Å². The highest BCUT2D eigenvalue weighted by molar-refractivity contribution is 9.13. The van der Waals surface area contributed by atoms with Gasteiger partial charge in [0.1, 0.15) is 0 Å². The molecule has 1 fully saturated rings. The van der Waals surface area contributed by atoms with Gasteiger partial charge in [0.25, 0.3) is 5.91 Å². The van der Waals surface area contributed by atoms with E-state index >= 15 is 0 Å². The molecule has 1 atom stereocenters. The van der Waals surface area contributed by atoms with Crippen molar-refractivity contribution < 1.29 is 9.59 Å². The molecule has 1 aliphatic rings. The van der Waals surface area contributed by atoms with E-state index in [1.54, 1.807) is 11.9 Å². The van der Waals surface area contributed by atoms with Gasteiger partial charge in [-0.2, -0.15) is 0 Å². The molecule has 1 N–H and O–H groups in total. The lowest BCUT2D eigenvalue weighted by Gasteiger charge is -2.22. The van der Waals surface area contributed by atoms with Crippen molar-refractivity contribution in [3.8, 4) is 0 Å². The zero-order valence-corrected chi connectivity index (χ0v) is 14.6. The van der Waals surface area contributed by atoms with Crippen LogP contribution in [0.3, 0.4) is 0 Å². The Kier molecular flexibility index (Phi) is 4.37. The largest absolute Gasteiger partial charge is 0.359 e. The maximum Gasteiger partial charge on any atom is 0.264 e. The summed E-state index contributed by atoms with van der Waals surface area (Å²) in [6, 6.07) is 1.81. The summed E-state index contributed by atoms with van der Waals surface area (Å²) in [6.07, 6.45) is 0.701. The van der Waals surface area contributed by atoms with Crippen LogP contribution >= 0.6 is 43.2 Å². The molecule has 19 heavy (non-hydrogen) atoms. The first-order valence-corrected chi connectivity index (χ1v) is 8.24. The first-order chi connectivity index (χ1) is 8.87. The summed E-state index contributed by atoms with van der Waals surface area (Å²) >= 11 is 8.17. The van der Waals surface area contributed by atoms with Crippen molar-refractivity contribution in [3.63, 3.8) is 0 Å². The molecule has 7 heteroatoms. The van der Waals surface area contributed by atoms with Crippen LogP contribution in [0.5, 0.6) is 0 Å². The first-order valence-electron chi connectivity index (χ1n) is 5.83. The molecule has 0 spiro atoms. The van der Waals surface area contributed by atoms with Gasteiger partial charge in [-0.25, -0.2) is 0 Å². The Balaban J connectivity index is 2.13. The van der Waals surface area contributed by atoms with Gasteiger partial charge < -0.3 is 10.2 Å². The average Bonchev–Trinajstić information content (AvgIpc) is 2.93. The lowest BCUT2D eigenvalue weighted by Crippen LogP contribution is -2.40. The van der Waals surface area contributed by atoms with E-state index in [2.05, 4.69) is 37.2 Å². The number of rotatable bonds is 2. The molecular weight excluding hydrogens is 396 g/mol. The van der Waals surface area contributed by atoms with Gasteiger partial charge in [-0.1, -0.05) is 0 Å². The number of halogens is 2. The predicted molar refractivity (Wildman–Crippen MR) is 82.4 cm³/mol. The van der Waals surface area contributed by atoms with Crippen LogP contribution in [0.25, 0.3) is 0 Å². The minimum absolute atomic E-state index is 0.00339. The number of nitrogens with zero attached hydrogens (tertiary/aromatic N) is 1. The van der Waals surface area contributed by atoms with Crippen LogP contribution in [-0.4, -0.2) is 36.9 Å². The van der Waals surface area contributed by atoms with Crippen LogP contribution in [0.2, 0.25) is 0 Å². The van der Waals surface area contributed by atoms with E-state index in [1.165, 1.54) is 11.3 Å². The molecule has 0 aromatic carbocycles. The highest BCUT2D eigenvalue weighted by atomic mass is 79.9. The van der Waals surface area contributed by atoms with Gasteiger partial charge in [-0.15, -0.1) is 11.3 Å². The van der Waals surface area contributed by atoms with Crippen molar-refractivity contribution in [1.82, 2.24) is 10.2 Å². The molecule has 1 saturated heterocycles. The maximum atomic E-state index is 12.4. The summed E-state index contributed by atoms with van der Waals surface area (Å²) in [6.45, 7) is 2.99. The van der Waals surface area contributed by atoms with Crippen molar-refractivity contribution >= 4 is 55.0 Å². The van der Waals surface area contributed by atoms with E-state index in [0.717, 1.165) is 8.26 Å². The van der Waals surface area contributed by atoms with E-state index in [-0.39, 0.29) is 11.8 Å². The molecule has 1 unspecified atom stereocenters. The number of carbonyl (C=O) groups is 2. The Bertz CT molecular complexity index is 512. The summed E-state index contributed by atoms with van der Waals surface area (Å²) in [7, 11) is 1.63. The topological polar surface area (TPSA) is 49.4 Å². The third-order valence-corrected chi connectivity index (χ3v) is 6.64. The molecular formula is C12H14Br2N2O2S. The fourth-order valence-electron chi connectivity index (χ4n) is 2.23. The zero-order chi connectivity index (χ0) is 14.2. The average molecular weight is 410 g/mol. The van der Waals surface area contributed by atoms with Gasteiger partial charge in [0.15, 0.2) is 0 Å². The van der Waals surface area contributed by atoms with Crippen molar-refractivity contribution in [2.45, 2.75) is 13.3 Å². The van der Waals surface area contributed by atoms with Crippen LogP contribution in [-0.2, 0) is 4.79 Å². The van der Waals surface area contributed by atoms with Crippen molar-refractivity contribution in [2.24, 2.45) is 5.41 Å². The lowest BCUT2D eigenvalue weighted by atomic mass is 9.89. The number of hydrogen-bond donors (Lipinski definition) is 1. The van der Waals surface area contributed by atoms with Gasteiger partial charge in [-0.05, 0) is 51.3 Å². The quantitative estimate of drug-likeness (QED) is 0.816. The lowest BCUT2D eigenvalue weighted by molar-refractivity contribution is -0.128. The normalized spacial score (nSPS) is 22.6. The Hall–Kier alpha value is -0.400. The summed E-state index contributed by atoms with van der Waals surface area (Å²) in [5.74, 6) is -0.0135. The van der Waals surface area contributed by atoms with Crippen LogP contribution in [0.4, 0.5) is 0 Å². The molecule has 0 saturated carbocycles. The van der Waals surface area contributed by atoms with E-state index in [0.29, 0.717) is 24.4 Å². The fraction of sp³-hybridized carbons (Fsp3) is 0.500. The smallest absolute Gasteiger partial charge is 0.264 e. The minimum atomic E-state index is -0.476. The molecule has 0 radical (unpaired) electrons. The summed E-state index contributed by atoms with van der Waals surface area (Å²) in [4.78, 5) is 26.6. The van der Waals surface area contributed by atoms with Gasteiger partial charge >= 0.3 is 0 Å². The molecule has 1 aromatic heterocycles. The molecule has 1 aliphatic heterocycles. The molecule has 2 heterocycles. The van der Waals surface area contributed by atoms with Gasteiger partial charge in [0.2, 0.25) is 5.91 Å². The highest BCUT2D eigenvalue weighted by Gasteiger charge is 2.41. The van der Waals surface area contributed by atoms with Crippen molar-refractivity contribution in [3.05, 3.63) is 19.2 Å². The van der Waals surface area contributed by atoms with Crippen LogP contribution in [0.15, 0.2) is 14.3 Å². The molecule has 4 nitrogen and oxygen atoms in total. The summed E-state index contributed by atoms with van der Waals surface area (Å²) < 4.78 is 1.79. The Morgan fingerprint density at radius 1 is 1.47 bits per heavy atom. The highest BCUT2D eigenvalue weighted by Crippen LogP contribution is 2.35. The summed E-state index contributed by atoms with van der Waals surface area (Å²) in [5.41, 5.74) is -0.476. The Morgan fingerprint density at radius 3 is 2.68 bits per heavy atom. The van der Waals surface area contributed by atoms with Gasteiger partial charge in [0, 0.05) is 24.6 Å². The van der Waals surface area contributed by atoms with Crippen LogP contribution in [0, 0.1) is 5.41 Å². The number of amides is 2. The fourth-order valence-corrected chi connectivity index (χ4v) is 4.23. The molecule has 2 rings (SSSR count). The second kappa shape index (κ2) is 5.54. The van der Waals surface area contributed by atoms with Crippen LogP contribution in [0.1, 0.15) is 23.0 Å². The molecule has 2 amide bonds. The minimum Gasteiger partial charge on any atom is -0.359 e. The first kappa shape index (κ1) is 15.0. The molecule has 1 aromatic rings. The standard InChI is InChI=1S/C12H14Br2N2O2S/c1-12(11(18)15-2)3-4-16(6-12)10(17)8-5-7(13)9(14)19-8/h5H,3-4,6H2,1-2H3,(H,15,18). The van der Waals surface area contributed by atoms with E-state index in [4.69, 9.17) is 0 Å². The zero-order valence-electron chi connectivity index (χ0n) is 10.6. The third-order valence-electron chi connectivity index (χ3n) is 3.39. The van der Waals surface area contributed by atoms with Crippen LogP contribution < -0.4 is 5.32 Å². The van der Waals surface area contributed by atoms with Gasteiger partial charge in [-0.3, -0.25) is 9.59 Å². The second-order valence-corrected chi connectivity index (χ2v) is 8.07. The number of hydrogen-bond acceptors (Lipinski definition) is 3. The molecule has 0 aliphatic carbocycles. The number of likely N-dealkylation sites (tertiary alicyclic amines) is 1. The van der Waals surface area contributed by atoms with Gasteiger partial charge in [0.05, 0.1) is 14.1 Å². The monoisotopic (exact) mass is 408 g/mol. The number of carbonyl (C=O) groups excluding carboxylic acids is 2.